The lowest BCUT2D eigenvalue weighted by molar-refractivity contribution is 0.0912. The van der Waals surface area contributed by atoms with Crippen molar-refractivity contribution in [3.63, 3.8) is 0 Å². The Balaban J connectivity index is 1.40. The van der Waals surface area contributed by atoms with Crippen LogP contribution < -0.4 is 5.32 Å². The van der Waals surface area contributed by atoms with E-state index in [9.17, 15) is 18.0 Å². The standard InChI is InChI=1S/C25H24N2O5S/c28-24-18-7-2-3-9-22(18)33(30,31)23-15-17(10-11-19(23)24)25(29)26-16-20(21-8-6-14-32-21)27-12-4-1-5-13-27/h2-3,6-11,14-15,20H,1,4-5,12-13,16H2,(H,26,29)/t20-/m1/s1. The molecule has 2 aliphatic rings. The monoisotopic (exact) mass is 464 g/mol. The van der Waals surface area contributed by atoms with E-state index in [1.807, 2.05) is 12.1 Å². The number of amides is 1. The first-order valence-electron chi connectivity index (χ1n) is 11.1. The van der Waals surface area contributed by atoms with E-state index >= 15 is 0 Å². The summed E-state index contributed by atoms with van der Waals surface area (Å²) in [6.45, 7) is 2.19. The van der Waals surface area contributed by atoms with E-state index in [0.717, 1.165) is 31.7 Å². The van der Waals surface area contributed by atoms with Gasteiger partial charge in [-0.1, -0.05) is 18.6 Å². The Hall–Kier alpha value is -3.23. The molecule has 0 aliphatic carbocycles. The SMILES string of the molecule is O=C(NC[C@H](c1ccco1)N1CCCCC1)c1ccc2c(c1)S(=O)(=O)c1ccccc1C2=O. The Bertz CT molecular complexity index is 1310. The third-order valence-corrected chi connectivity index (χ3v) is 8.21. The molecule has 170 valence electrons. The van der Waals surface area contributed by atoms with Gasteiger partial charge in [-0.25, -0.2) is 8.42 Å². The largest absolute Gasteiger partial charge is 0.468 e. The molecule has 0 bridgehead atoms. The summed E-state index contributed by atoms with van der Waals surface area (Å²) < 4.78 is 31.9. The molecule has 1 fully saturated rings. The Morgan fingerprint density at radius 2 is 1.73 bits per heavy atom. The van der Waals surface area contributed by atoms with Crippen LogP contribution in [0.1, 0.15) is 57.3 Å². The maximum absolute atomic E-state index is 13.1. The van der Waals surface area contributed by atoms with E-state index in [-0.39, 0.29) is 38.3 Å². The number of nitrogens with zero attached hydrogens (tertiary/aromatic N) is 1. The van der Waals surface area contributed by atoms with Crippen molar-refractivity contribution in [1.29, 1.82) is 0 Å². The highest BCUT2D eigenvalue weighted by molar-refractivity contribution is 7.91. The van der Waals surface area contributed by atoms with Gasteiger partial charge < -0.3 is 9.73 Å². The second kappa shape index (κ2) is 8.61. The number of fused-ring (bicyclic) bond motifs is 2. The van der Waals surface area contributed by atoms with E-state index < -0.39 is 15.7 Å². The van der Waals surface area contributed by atoms with Crippen molar-refractivity contribution >= 4 is 21.5 Å². The maximum Gasteiger partial charge on any atom is 0.251 e. The average molecular weight is 465 g/mol. The van der Waals surface area contributed by atoms with Gasteiger partial charge >= 0.3 is 0 Å². The molecule has 5 rings (SSSR count). The first-order chi connectivity index (χ1) is 16.0. The van der Waals surface area contributed by atoms with Crippen molar-refractivity contribution in [2.75, 3.05) is 19.6 Å². The van der Waals surface area contributed by atoms with Crippen LogP contribution in [0, 0.1) is 0 Å². The predicted octanol–water partition coefficient (Wildman–Crippen LogP) is 3.61. The number of furan rings is 1. The molecule has 1 aromatic heterocycles. The second-order valence-corrected chi connectivity index (χ2v) is 10.3. The Morgan fingerprint density at radius 3 is 2.48 bits per heavy atom. The Labute approximate surface area is 192 Å². The van der Waals surface area contributed by atoms with Crippen molar-refractivity contribution < 1.29 is 22.4 Å². The summed E-state index contributed by atoms with van der Waals surface area (Å²) in [5, 5.41) is 2.93. The fourth-order valence-electron chi connectivity index (χ4n) is 4.64. The van der Waals surface area contributed by atoms with Crippen LogP contribution in [-0.2, 0) is 9.84 Å². The van der Waals surface area contributed by atoms with Gasteiger partial charge in [0.1, 0.15) is 5.76 Å². The second-order valence-electron chi connectivity index (χ2n) is 8.38. The van der Waals surface area contributed by atoms with Crippen LogP contribution in [0.25, 0.3) is 0 Å². The molecule has 3 aromatic rings. The molecular formula is C25H24N2O5S. The van der Waals surface area contributed by atoms with Crippen LogP contribution >= 0.6 is 0 Å². The lowest BCUT2D eigenvalue weighted by Crippen LogP contribution is -2.40. The van der Waals surface area contributed by atoms with E-state index in [1.165, 1.54) is 36.8 Å². The van der Waals surface area contributed by atoms with Gasteiger partial charge in [0, 0.05) is 23.2 Å². The quantitative estimate of drug-likeness (QED) is 0.485. The van der Waals surface area contributed by atoms with E-state index in [4.69, 9.17) is 4.42 Å². The highest BCUT2D eigenvalue weighted by Crippen LogP contribution is 2.34. The van der Waals surface area contributed by atoms with E-state index in [2.05, 4.69) is 10.2 Å². The van der Waals surface area contributed by atoms with Crippen molar-refractivity contribution in [1.82, 2.24) is 10.2 Å². The van der Waals surface area contributed by atoms with Crippen LogP contribution in [0.4, 0.5) is 0 Å². The number of hydrogen-bond acceptors (Lipinski definition) is 6. The number of sulfone groups is 1. The van der Waals surface area contributed by atoms with Crippen LogP contribution in [0.5, 0.6) is 0 Å². The van der Waals surface area contributed by atoms with Crippen LogP contribution in [-0.4, -0.2) is 44.6 Å². The third-order valence-electron chi connectivity index (χ3n) is 6.36. The normalized spacial score (nSPS) is 18.2. The number of benzene rings is 2. The van der Waals surface area contributed by atoms with Gasteiger partial charge in [0.25, 0.3) is 5.91 Å². The zero-order valence-corrected chi connectivity index (χ0v) is 18.8. The number of rotatable bonds is 5. The summed E-state index contributed by atoms with van der Waals surface area (Å²) in [5.74, 6) is 0.0330. The van der Waals surface area contributed by atoms with Crippen LogP contribution in [0.15, 0.2) is 75.1 Å². The summed E-state index contributed by atoms with van der Waals surface area (Å²) in [4.78, 5) is 28.0. The minimum atomic E-state index is -3.90. The molecule has 1 saturated heterocycles. The maximum atomic E-state index is 13.1. The highest BCUT2D eigenvalue weighted by Gasteiger charge is 2.35. The summed E-state index contributed by atoms with van der Waals surface area (Å²) in [5.41, 5.74) is 0.443. The van der Waals surface area contributed by atoms with Gasteiger partial charge in [-0.05, 0) is 68.4 Å². The lowest BCUT2D eigenvalue weighted by atomic mass is 10.0. The molecule has 33 heavy (non-hydrogen) atoms. The number of nitrogens with one attached hydrogen (secondary N) is 1. The Kier molecular flexibility index (Phi) is 5.64. The lowest BCUT2D eigenvalue weighted by Gasteiger charge is -2.33. The van der Waals surface area contributed by atoms with E-state index in [0.29, 0.717) is 6.54 Å². The summed E-state index contributed by atoms with van der Waals surface area (Å²) in [6.07, 6.45) is 5.02. The summed E-state index contributed by atoms with van der Waals surface area (Å²) >= 11 is 0. The molecule has 0 saturated carbocycles. The van der Waals surface area contributed by atoms with Crippen molar-refractivity contribution in [2.45, 2.75) is 35.1 Å². The molecule has 8 heteroatoms. The fourth-order valence-corrected chi connectivity index (χ4v) is 6.31. The van der Waals surface area contributed by atoms with Crippen molar-refractivity contribution in [3.05, 3.63) is 83.3 Å². The summed E-state index contributed by atoms with van der Waals surface area (Å²) in [7, 11) is -3.90. The predicted molar refractivity (Wildman–Crippen MR) is 121 cm³/mol. The number of carbonyl (C=O) groups excluding carboxylic acids is 2. The fraction of sp³-hybridized carbons (Fsp3) is 0.280. The topological polar surface area (TPSA) is 96.7 Å². The van der Waals surface area contributed by atoms with Gasteiger partial charge in [-0.15, -0.1) is 0 Å². The number of carbonyl (C=O) groups is 2. The zero-order valence-electron chi connectivity index (χ0n) is 18.0. The van der Waals surface area contributed by atoms with Gasteiger partial charge in [0.2, 0.25) is 9.84 Å². The van der Waals surface area contributed by atoms with Gasteiger partial charge in [0.15, 0.2) is 5.78 Å². The molecule has 0 unspecified atom stereocenters. The number of hydrogen-bond donors (Lipinski definition) is 1. The minimum absolute atomic E-state index is 0.0250. The van der Waals surface area contributed by atoms with Crippen molar-refractivity contribution in [2.24, 2.45) is 0 Å². The zero-order chi connectivity index (χ0) is 23.0. The molecule has 1 atom stereocenters. The number of likely N-dealkylation sites (tertiary alicyclic amines) is 1. The molecule has 1 N–H and O–H groups in total. The molecule has 2 aromatic carbocycles. The van der Waals surface area contributed by atoms with Gasteiger partial charge in [-0.3, -0.25) is 14.5 Å². The molecule has 0 spiro atoms. The van der Waals surface area contributed by atoms with Crippen molar-refractivity contribution in [3.8, 4) is 0 Å². The molecule has 2 aliphatic heterocycles. The molecule has 3 heterocycles. The Morgan fingerprint density at radius 1 is 0.970 bits per heavy atom. The first kappa shape index (κ1) is 21.6. The minimum Gasteiger partial charge on any atom is -0.468 e. The molecule has 0 radical (unpaired) electrons. The van der Waals surface area contributed by atoms with Gasteiger partial charge in [0.05, 0.1) is 22.1 Å². The van der Waals surface area contributed by atoms with Crippen LogP contribution in [0.2, 0.25) is 0 Å². The highest BCUT2D eigenvalue weighted by atomic mass is 32.2. The summed E-state index contributed by atoms with van der Waals surface area (Å²) in [6, 6.07) is 14.0. The third kappa shape index (κ3) is 3.89. The molecule has 7 nitrogen and oxygen atoms in total. The molecule has 1 amide bonds. The van der Waals surface area contributed by atoms with Crippen LogP contribution in [0.3, 0.4) is 0 Å². The smallest absolute Gasteiger partial charge is 0.251 e. The number of piperidine rings is 1. The van der Waals surface area contributed by atoms with E-state index in [1.54, 1.807) is 18.4 Å². The molecular weight excluding hydrogens is 440 g/mol. The van der Waals surface area contributed by atoms with Gasteiger partial charge in [-0.2, -0.15) is 0 Å². The first-order valence-corrected chi connectivity index (χ1v) is 12.5. The number of ketones is 1. The average Bonchev–Trinajstić information content (AvgIpc) is 3.38.